The fraction of sp³-hybridized carbons (Fsp3) is 0.533. The normalized spacial score (nSPS) is 16.9. The Hall–Kier alpha value is -1.35. The van der Waals surface area contributed by atoms with Crippen molar-refractivity contribution in [1.82, 2.24) is 0 Å². The maximum atomic E-state index is 12.4. The van der Waals surface area contributed by atoms with Gasteiger partial charge in [0.1, 0.15) is 0 Å². The van der Waals surface area contributed by atoms with Crippen LogP contribution in [0.5, 0.6) is 0 Å². The molecule has 18 heavy (non-hydrogen) atoms. The maximum Gasteiger partial charge on any atom is 0.243 e. The third-order valence-corrected chi connectivity index (χ3v) is 3.54. The highest BCUT2D eigenvalue weighted by atomic mass is 16.2. The Bertz CT molecular complexity index is 417. The highest BCUT2D eigenvalue weighted by molar-refractivity contribution is 5.97. The maximum absolute atomic E-state index is 12.4. The highest BCUT2D eigenvalue weighted by Crippen LogP contribution is 2.26. The van der Waals surface area contributed by atoms with Crippen LogP contribution in [0.4, 0.5) is 5.69 Å². The van der Waals surface area contributed by atoms with Crippen LogP contribution in [0.25, 0.3) is 0 Å². The van der Waals surface area contributed by atoms with Gasteiger partial charge in [-0.25, -0.2) is 0 Å². The number of fused-ring (bicyclic) bond motifs is 1. The number of aryl methyl sites for hydroxylation is 1. The summed E-state index contributed by atoms with van der Waals surface area (Å²) in [6, 6.07) is 7.83. The molecule has 0 saturated heterocycles. The number of nitrogens with two attached hydrogens (primary N) is 1. The molecule has 0 fully saturated rings. The Morgan fingerprint density at radius 1 is 1.39 bits per heavy atom. The summed E-state index contributed by atoms with van der Waals surface area (Å²) in [6.45, 7) is 2.86. The van der Waals surface area contributed by atoms with Crippen LogP contribution in [-0.2, 0) is 11.2 Å². The van der Waals surface area contributed by atoms with Crippen molar-refractivity contribution in [3.63, 3.8) is 0 Å². The lowest BCUT2D eigenvalue weighted by Gasteiger charge is -2.25. The van der Waals surface area contributed by atoms with E-state index in [1.165, 1.54) is 5.56 Å². The zero-order chi connectivity index (χ0) is 13.0. The fourth-order valence-corrected chi connectivity index (χ4v) is 2.55. The summed E-state index contributed by atoms with van der Waals surface area (Å²) in [6.07, 6.45) is 4.96. The number of para-hydroxylation sites is 1. The molecule has 3 heteroatoms. The molecular formula is C15H22N2O. The zero-order valence-electron chi connectivity index (χ0n) is 11.1. The van der Waals surface area contributed by atoms with Gasteiger partial charge in [0.25, 0.3) is 0 Å². The number of nitrogens with zero attached hydrogens (tertiary/aromatic N) is 1. The smallest absolute Gasteiger partial charge is 0.243 e. The second-order valence-corrected chi connectivity index (χ2v) is 4.97. The molecule has 1 aliphatic rings. The molecule has 1 aliphatic heterocycles. The summed E-state index contributed by atoms with van der Waals surface area (Å²) >= 11 is 0. The molecule has 2 rings (SSSR count). The SMILES string of the molecule is CCC[C@@H](N)C(=O)N1CCCCc2ccccc21. The van der Waals surface area contributed by atoms with Gasteiger partial charge in [-0.05, 0) is 37.3 Å². The van der Waals surface area contributed by atoms with E-state index in [2.05, 4.69) is 13.0 Å². The number of carbonyl (C=O) groups excluding carboxylic acids is 1. The van der Waals surface area contributed by atoms with E-state index >= 15 is 0 Å². The highest BCUT2D eigenvalue weighted by Gasteiger charge is 2.24. The van der Waals surface area contributed by atoms with Crippen LogP contribution in [0.3, 0.4) is 0 Å². The second-order valence-electron chi connectivity index (χ2n) is 4.97. The van der Waals surface area contributed by atoms with Gasteiger partial charge in [0.2, 0.25) is 5.91 Å². The monoisotopic (exact) mass is 246 g/mol. The van der Waals surface area contributed by atoms with E-state index in [0.29, 0.717) is 0 Å². The minimum absolute atomic E-state index is 0.0752. The molecule has 2 N–H and O–H groups in total. The number of hydrogen-bond donors (Lipinski definition) is 1. The number of hydrogen-bond acceptors (Lipinski definition) is 2. The average Bonchev–Trinajstić information content (AvgIpc) is 2.60. The van der Waals surface area contributed by atoms with E-state index < -0.39 is 0 Å². The minimum Gasteiger partial charge on any atom is -0.320 e. The molecule has 1 aromatic carbocycles. The molecular weight excluding hydrogens is 224 g/mol. The lowest BCUT2D eigenvalue weighted by molar-refractivity contribution is -0.120. The Balaban J connectivity index is 2.24. The van der Waals surface area contributed by atoms with E-state index in [-0.39, 0.29) is 11.9 Å². The van der Waals surface area contributed by atoms with Crippen LogP contribution in [-0.4, -0.2) is 18.5 Å². The molecule has 1 aromatic rings. The van der Waals surface area contributed by atoms with Gasteiger partial charge >= 0.3 is 0 Å². The largest absolute Gasteiger partial charge is 0.320 e. The number of benzene rings is 1. The third kappa shape index (κ3) is 2.72. The van der Waals surface area contributed by atoms with E-state index in [1.54, 1.807) is 0 Å². The Labute approximate surface area is 109 Å². The molecule has 0 aliphatic carbocycles. The first kappa shape index (κ1) is 13.1. The van der Waals surface area contributed by atoms with Gasteiger partial charge in [0.15, 0.2) is 0 Å². The predicted molar refractivity (Wildman–Crippen MR) is 74.6 cm³/mol. The number of rotatable bonds is 3. The number of carbonyl (C=O) groups is 1. The van der Waals surface area contributed by atoms with Gasteiger partial charge in [0, 0.05) is 12.2 Å². The van der Waals surface area contributed by atoms with Crippen LogP contribution in [0.2, 0.25) is 0 Å². The summed E-state index contributed by atoms with van der Waals surface area (Å²) in [4.78, 5) is 14.3. The van der Waals surface area contributed by atoms with E-state index in [1.807, 2.05) is 23.1 Å². The summed E-state index contributed by atoms with van der Waals surface area (Å²) < 4.78 is 0. The first-order valence-electron chi connectivity index (χ1n) is 6.89. The van der Waals surface area contributed by atoms with E-state index in [9.17, 15) is 4.79 Å². The number of amides is 1. The molecule has 98 valence electrons. The summed E-state index contributed by atoms with van der Waals surface area (Å²) in [5.41, 5.74) is 8.31. The van der Waals surface area contributed by atoms with Crippen LogP contribution >= 0.6 is 0 Å². The summed E-state index contributed by atoms with van der Waals surface area (Å²) in [7, 11) is 0. The van der Waals surface area contributed by atoms with Crippen LogP contribution in [0.1, 0.15) is 38.2 Å². The molecule has 3 nitrogen and oxygen atoms in total. The van der Waals surface area contributed by atoms with Gasteiger partial charge in [0.05, 0.1) is 6.04 Å². The van der Waals surface area contributed by atoms with E-state index in [0.717, 1.165) is 44.3 Å². The molecule has 1 heterocycles. The molecule has 1 amide bonds. The fourth-order valence-electron chi connectivity index (χ4n) is 2.55. The topological polar surface area (TPSA) is 46.3 Å². The first-order chi connectivity index (χ1) is 8.74. The zero-order valence-corrected chi connectivity index (χ0v) is 11.1. The quantitative estimate of drug-likeness (QED) is 0.890. The number of anilines is 1. The Morgan fingerprint density at radius 2 is 2.17 bits per heavy atom. The van der Waals surface area contributed by atoms with Crippen molar-refractivity contribution >= 4 is 11.6 Å². The van der Waals surface area contributed by atoms with Crippen LogP contribution in [0.15, 0.2) is 24.3 Å². The molecule has 1 atom stereocenters. The van der Waals surface area contributed by atoms with Crippen molar-refractivity contribution in [1.29, 1.82) is 0 Å². The van der Waals surface area contributed by atoms with Crippen molar-refractivity contribution in [2.45, 2.75) is 45.1 Å². The molecule has 0 aromatic heterocycles. The lowest BCUT2D eigenvalue weighted by Crippen LogP contribution is -2.44. The molecule has 0 radical (unpaired) electrons. The van der Waals surface area contributed by atoms with Crippen molar-refractivity contribution in [2.75, 3.05) is 11.4 Å². The van der Waals surface area contributed by atoms with Crippen molar-refractivity contribution in [2.24, 2.45) is 5.73 Å². The van der Waals surface area contributed by atoms with Crippen molar-refractivity contribution < 1.29 is 4.79 Å². The summed E-state index contributed by atoms with van der Waals surface area (Å²) in [5.74, 6) is 0.0752. The molecule has 0 spiro atoms. The third-order valence-electron chi connectivity index (χ3n) is 3.54. The molecule has 0 saturated carbocycles. The van der Waals surface area contributed by atoms with Gasteiger partial charge < -0.3 is 10.6 Å². The van der Waals surface area contributed by atoms with Gasteiger partial charge in [-0.1, -0.05) is 31.5 Å². The van der Waals surface area contributed by atoms with Gasteiger partial charge in [-0.3, -0.25) is 4.79 Å². The average molecular weight is 246 g/mol. The van der Waals surface area contributed by atoms with Gasteiger partial charge in [-0.2, -0.15) is 0 Å². The predicted octanol–water partition coefficient (Wildman–Crippen LogP) is 2.48. The summed E-state index contributed by atoms with van der Waals surface area (Å²) in [5, 5.41) is 0. The first-order valence-corrected chi connectivity index (χ1v) is 6.89. The van der Waals surface area contributed by atoms with E-state index in [4.69, 9.17) is 5.73 Å². The minimum atomic E-state index is -0.360. The van der Waals surface area contributed by atoms with Crippen molar-refractivity contribution in [3.05, 3.63) is 29.8 Å². The lowest BCUT2D eigenvalue weighted by atomic mass is 10.1. The van der Waals surface area contributed by atoms with Crippen molar-refractivity contribution in [3.8, 4) is 0 Å². The standard InChI is InChI=1S/C15H22N2O/c1-2-7-13(16)15(18)17-11-6-5-9-12-8-3-4-10-14(12)17/h3-4,8,10,13H,2,5-7,9,11,16H2,1H3/t13-/m1/s1. The molecule has 0 bridgehead atoms. The second kappa shape index (κ2) is 6.01. The van der Waals surface area contributed by atoms with Gasteiger partial charge in [-0.15, -0.1) is 0 Å². The van der Waals surface area contributed by atoms with Crippen LogP contribution in [0, 0.1) is 0 Å². The Morgan fingerprint density at radius 3 is 2.94 bits per heavy atom. The molecule has 0 unspecified atom stereocenters. The Kier molecular flexibility index (Phi) is 4.37. The van der Waals surface area contributed by atoms with Crippen LogP contribution < -0.4 is 10.6 Å².